The van der Waals surface area contributed by atoms with E-state index in [1.54, 1.807) is 35.6 Å². The fourth-order valence-electron chi connectivity index (χ4n) is 2.38. The molecule has 0 aliphatic rings. The van der Waals surface area contributed by atoms with E-state index in [2.05, 4.69) is 0 Å². The fourth-order valence-corrected chi connectivity index (χ4v) is 3.58. The molecule has 0 fully saturated rings. The van der Waals surface area contributed by atoms with E-state index in [0.717, 1.165) is 10.1 Å². The van der Waals surface area contributed by atoms with E-state index in [0.29, 0.717) is 16.1 Å². The lowest BCUT2D eigenvalue weighted by atomic mass is 10.0. The van der Waals surface area contributed by atoms with Crippen molar-refractivity contribution < 1.29 is 9.59 Å². The van der Waals surface area contributed by atoms with Crippen LogP contribution in [0.2, 0.25) is 5.02 Å². The summed E-state index contributed by atoms with van der Waals surface area (Å²) in [4.78, 5) is 24.5. The molecule has 0 amide bonds. The highest BCUT2D eigenvalue weighted by Crippen LogP contribution is 2.27. The van der Waals surface area contributed by atoms with Crippen LogP contribution in [0.5, 0.6) is 0 Å². The number of benzene rings is 2. The van der Waals surface area contributed by atoms with Gasteiger partial charge in [0, 0.05) is 39.4 Å². The lowest BCUT2D eigenvalue weighted by molar-refractivity contribution is 0.0918. The molecule has 3 rings (SSSR count). The van der Waals surface area contributed by atoms with Gasteiger partial charge in [-0.25, -0.2) is 0 Å². The van der Waals surface area contributed by atoms with Gasteiger partial charge in [-0.2, -0.15) is 0 Å². The molecular weight excluding hydrogens is 340 g/mol. The predicted octanol–water partition coefficient (Wildman–Crippen LogP) is 6.43. The number of ketones is 2. The van der Waals surface area contributed by atoms with Crippen molar-refractivity contribution in [2.24, 2.45) is 0 Å². The van der Waals surface area contributed by atoms with Crippen LogP contribution in [0.1, 0.15) is 47.4 Å². The van der Waals surface area contributed by atoms with Crippen molar-refractivity contribution in [1.29, 1.82) is 0 Å². The topological polar surface area (TPSA) is 34.1 Å². The summed E-state index contributed by atoms with van der Waals surface area (Å²) in [7, 11) is 0. The highest BCUT2D eigenvalue weighted by Gasteiger charge is 2.15. The van der Waals surface area contributed by atoms with Crippen LogP contribution < -0.4 is 0 Å². The van der Waals surface area contributed by atoms with Gasteiger partial charge >= 0.3 is 0 Å². The minimum absolute atomic E-state index is 0.00199. The number of rotatable bonds is 5. The van der Waals surface area contributed by atoms with E-state index in [4.69, 9.17) is 11.6 Å². The maximum atomic E-state index is 12.4. The van der Waals surface area contributed by atoms with Crippen LogP contribution in [-0.4, -0.2) is 11.6 Å². The number of halogens is 1. The van der Waals surface area contributed by atoms with E-state index in [1.807, 2.05) is 43.5 Å². The first-order valence-corrected chi connectivity index (χ1v) is 9.20. The van der Waals surface area contributed by atoms with Gasteiger partial charge in [0.05, 0.1) is 5.02 Å². The van der Waals surface area contributed by atoms with E-state index in [9.17, 15) is 9.59 Å². The van der Waals surface area contributed by atoms with E-state index in [-0.39, 0.29) is 24.4 Å². The van der Waals surface area contributed by atoms with Crippen molar-refractivity contribution in [3.8, 4) is 0 Å². The Morgan fingerprint density at radius 1 is 0.875 bits per heavy atom. The zero-order chi connectivity index (χ0) is 17.5. The summed E-state index contributed by atoms with van der Waals surface area (Å²) in [6.45, 7) is 4.00. The number of Topliss-reactive ketones (excluding diaryl/α,β-unsaturated/α-hetero) is 2. The lowest BCUT2D eigenvalue weighted by Crippen LogP contribution is -2.05. The number of carbonyl (C=O) groups is 2. The molecule has 0 aliphatic heterocycles. The van der Waals surface area contributed by atoms with Crippen LogP contribution >= 0.6 is 22.9 Å². The van der Waals surface area contributed by atoms with Crippen molar-refractivity contribution in [2.45, 2.75) is 26.7 Å². The SMILES string of the molecule is CC.O=C(CCC(=O)c1csc2ccccc12)c1ccccc1Cl. The normalized spacial score (nSPS) is 10.1. The van der Waals surface area contributed by atoms with Gasteiger partial charge in [-0.05, 0) is 18.2 Å². The third kappa shape index (κ3) is 4.11. The summed E-state index contributed by atoms with van der Waals surface area (Å²) in [5.41, 5.74) is 1.18. The van der Waals surface area contributed by atoms with Gasteiger partial charge in [-0.1, -0.05) is 55.8 Å². The Morgan fingerprint density at radius 3 is 2.17 bits per heavy atom. The second-order valence-corrected chi connectivity index (χ2v) is 6.29. The van der Waals surface area contributed by atoms with Crippen molar-refractivity contribution in [3.05, 3.63) is 70.1 Å². The van der Waals surface area contributed by atoms with Gasteiger partial charge in [0.2, 0.25) is 0 Å². The van der Waals surface area contributed by atoms with Gasteiger partial charge in [0.1, 0.15) is 0 Å². The molecule has 4 heteroatoms. The molecule has 0 N–H and O–H groups in total. The summed E-state index contributed by atoms with van der Waals surface area (Å²) < 4.78 is 1.09. The number of thiophene rings is 1. The molecule has 2 nitrogen and oxygen atoms in total. The Morgan fingerprint density at radius 2 is 1.46 bits per heavy atom. The summed E-state index contributed by atoms with van der Waals surface area (Å²) in [6.07, 6.45) is 0.373. The summed E-state index contributed by atoms with van der Waals surface area (Å²) in [5, 5.41) is 3.26. The van der Waals surface area contributed by atoms with E-state index in [1.165, 1.54) is 0 Å². The molecule has 0 aliphatic carbocycles. The predicted molar refractivity (Wildman–Crippen MR) is 103 cm³/mol. The van der Waals surface area contributed by atoms with Crippen molar-refractivity contribution >= 4 is 44.6 Å². The lowest BCUT2D eigenvalue weighted by Gasteiger charge is -2.03. The largest absolute Gasteiger partial charge is 0.294 e. The second kappa shape index (κ2) is 8.76. The molecule has 0 bridgehead atoms. The number of hydrogen-bond donors (Lipinski definition) is 0. The number of hydrogen-bond acceptors (Lipinski definition) is 3. The first-order valence-electron chi connectivity index (χ1n) is 7.94. The zero-order valence-electron chi connectivity index (χ0n) is 13.7. The summed E-state index contributed by atoms with van der Waals surface area (Å²) >= 11 is 7.56. The highest BCUT2D eigenvalue weighted by atomic mass is 35.5. The number of carbonyl (C=O) groups excluding carboxylic acids is 2. The van der Waals surface area contributed by atoms with Crippen LogP contribution in [0.4, 0.5) is 0 Å². The third-order valence-electron chi connectivity index (χ3n) is 3.53. The maximum Gasteiger partial charge on any atom is 0.164 e. The molecule has 0 radical (unpaired) electrons. The van der Waals surface area contributed by atoms with Gasteiger partial charge in [0.15, 0.2) is 11.6 Å². The molecule has 0 saturated carbocycles. The van der Waals surface area contributed by atoms with Crippen LogP contribution in [0.25, 0.3) is 10.1 Å². The van der Waals surface area contributed by atoms with Crippen LogP contribution in [-0.2, 0) is 0 Å². The molecule has 0 spiro atoms. The quantitative estimate of drug-likeness (QED) is 0.492. The molecular formula is C20H19ClO2S. The van der Waals surface area contributed by atoms with E-state index < -0.39 is 0 Å². The first-order chi connectivity index (χ1) is 11.7. The molecule has 0 atom stereocenters. The fraction of sp³-hybridized carbons (Fsp3) is 0.200. The molecule has 0 unspecified atom stereocenters. The van der Waals surface area contributed by atoms with Crippen molar-refractivity contribution in [3.63, 3.8) is 0 Å². The van der Waals surface area contributed by atoms with Crippen molar-refractivity contribution in [1.82, 2.24) is 0 Å². The molecule has 2 aromatic carbocycles. The Hall–Kier alpha value is -1.97. The zero-order valence-corrected chi connectivity index (χ0v) is 15.3. The number of fused-ring (bicyclic) bond motifs is 1. The minimum atomic E-state index is -0.0986. The molecule has 0 saturated heterocycles. The molecule has 1 heterocycles. The smallest absolute Gasteiger partial charge is 0.164 e. The van der Waals surface area contributed by atoms with E-state index >= 15 is 0 Å². The molecule has 1 aromatic heterocycles. The molecule has 24 heavy (non-hydrogen) atoms. The highest BCUT2D eigenvalue weighted by molar-refractivity contribution is 7.17. The Labute approximate surface area is 151 Å². The van der Waals surface area contributed by atoms with Gasteiger partial charge in [-0.15, -0.1) is 11.3 Å². The van der Waals surface area contributed by atoms with Crippen molar-refractivity contribution in [2.75, 3.05) is 0 Å². The average Bonchev–Trinajstić information content (AvgIpc) is 3.06. The standard InChI is InChI=1S/C18H13ClO2S.C2H6/c19-15-7-3-1-6-13(15)16(20)9-10-17(21)14-11-22-18-8-4-2-5-12(14)18;1-2/h1-8,11H,9-10H2;1-2H3. The van der Waals surface area contributed by atoms with Crippen LogP contribution in [0.3, 0.4) is 0 Å². The van der Waals surface area contributed by atoms with Crippen LogP contribution in [0.15, 0.2) is 53.9 Å². The first kappa shape index (κ1) is 18.4. The van der Waals surface area contributed by atoms with Gasteiger partial charge in [0.25, 0.3) is 0 Å². The van der Waals surface area contributed by atoms with Gasteiger partial charge in [-0.3, -0.25) is 9.59 Å². The second-order valence-electron chi connectivity index (χ2n) is 4.97. The third-order valence-corrected chi connectivity index (χ3v) is 4.83. The van der Waals surface area contributed by atoms with Gasteiger partial charge < -0.3 is 0 Å². The minimum Gasteiger partial charge on any atom is -0.294 e. The van der Waals surface area contributed by atoms with Crippen LogP contribution in [0, 0.1) is 0 Å². The Balaban J connectivity index is 0.00000100. The maximum absolute atomic E-state index is 12.4. The Kier molecular flexibility index (Phi) is 6.71. The Bertz CT molecular complexity index is 851. The molecule has 124 valence electrons. The average molecular weight is 359 g/mol. The molecule has 3 aromatic rings. The summed E-state index contributed by atoms with van der Waals surface area (Å²) in [5.74, 6) is -0.101. The monoisotopic (exact) mass is 358 g/mol. The summed E-state index contributed by atoms with van der Waals surface area (Å²) in [6, 6.07) is 14.7.